The predicted molar refractivity (Wildman–Crippen MR) is 70.7 cm³/mol. The van der Waals surface area contributed by atoms with Gasteiger partial charge >= 0.3 is 0 Å². The van der Waals surface area contributed by atoms with Gasteiger partial charge in [0.15, 0.2) is 11.5 Å². The van der Waals surface area contributed by atoms with Gasteiger partial charge in [0.1, 0.15) is 0 Å². The molecule has 1 aromatic rings. The highest BCUT2D eigenvalue weighted by molar-refractivity contribution is 5.54. The first kappa shape index (κ1) is 13.0. The minimum Gasteiger partial charge on any atom is -0.493 e. The molecule has 0 radical (unpaired) electrons. The second-order valence-electron chi connectivity index (χ2n) is 4.42. The van der Waals surface area contributed by atoms with Crippen LogP contribution in [0.25, 0.3) is 0 Å². The van der Waals surface area contributed by atoms with Crippen molar-refractivity contribution in [1.29, 1.82) is 0 Å². The lowest BCUT2D eigenvalue weighted by molar-refractivity contribution is 0.320. The Hall–Kier alpha value is -1.42. The number of nitrogens with zero attached hydrogens (tertiary/aromatic N) is 1. The van der Waals surface area contributed by atoms with Gasteiger partial charge in [-0.25, -0.2) is 0 Å². The first-order valence-electron chi connectivity index (χ1n) is 6.29. The summed E-state index contributed by atoms with van der Waals surface area (Å²) in [6.45, 7) is 4.55. The quantitative estimate of drug-likeness (QED) is 0.727. The van der Waals surface area contributed by atoms with Gasteiger partial charge in [-0.1, -0.05) is 6.92 Å². The smallest absolute Gasteiger partial charge is 0.203 e. The van der Waals surface area contributed by atoms with Crippen molar-refractivity contribution >= 4 is 0 Å². The van der Waals surface area contributed by atoms with Crippen molar-refractivity contribution in [3.05, 3.63) is 17.7 Å². The molecule has 1 atom stereocenters. The number of methoxy groups -OCH3 is 3. The van der Waals surface area contributed by atoms with E-state index in [4.69, 9.17) is 14.2 Å². The van der Waals surface area contributed by atoms with Crippen LogP contribution in [0.4, 0.5) is 0 Å². The van der Waals surface area contributed by atoms with Crippen LogP contribution in [-0.2, 0) is 0 Å². The number of hydrogen-bond acceptors (Lipinski definition) is 4. The monoisotopic (exact) mass is 251 g/mol. The van der Waals surface area contributed by atoms with E-state index in [0.717, 1.165) is 17.9 Å². The number of rotatable bonds is 6. The zero-order valence-corrected chi connectivity index (χ0v) is 11.5. The summed E-state index contributed by atoms with van der Waals surface area (Å²) in [6, 6.07) is 4.54. The van der Waals surface area contributed by atoms with Gasteiger partial charge in [0, 0.05) is 19.1 Å². The Kier molecular flexibility index (Phi) is 3.97. The zero-order chi connectivity index (χ0) is 13.1. The third-order valence-corrected chi connectivity index (χ3v) is 3.38. The number of hydrogen-bond donors (Lipinski definition) is 0. The van der Waals surface area contributed by atoms with E-state index in [9.17, 15) is 0 Å². The second-order valence-corrected chi connectivity index (χ2v) is 4.42. The highest BCUT2D eigenvalue weighted by Gasteiger charge is 2.29. The molecule has 0 saturated carbocycles. The molecule has 0 bridgehead atoms. The summed E-state index contributed by atoms with van der Waals surface area (Å²) in [5.41, 5.74) is 1.23. The van der Waals surface area contributed by atoms with Crippen LogP contribution in [0.2, 0.25) is 0 Å². The summed E-state index contributed by atoms with van der Waals surface area (Å²) in [6.07, 6.45) is 1.08. The van der Waals surface area contributed by atoms with Gasteiger partial charge in [0.2, 0.25) is 5.75 Å². The molecule has 1 saturated heterocycles. The average molecular weight is 251 g/mol. The van der Waals surface area contributed by atoms with Crippen LogP contribution in [-0.4, -0.2) is 39.3 Å². The summed E-state index contributed by atoms with van der Waals surface area (Å²) in [5.74, 6) is 2.11. The fraction of sp³-hybridized carbons (Fsp3) is 0.571. The molecule has 0 aliphatic carbocycles. The Morgan fingerprint density at radius 3 is 1.94 bits per heavy atom. The molecule has 4 nitrogen and oxygen atoms in total. The van der Waals surface area contributed by atoms with Crippen LogP contribution >= 0.6 is 0 Å². The number of benzene rings is 1. The molecule has 1 fully saturated rings. The molecule has 0 N–H and O–H groups in total. The van der Waals surface area contributed by atoms with Gasteiger partial charge in [-0.05, 0) is 24.1 Å². The Balaban J connectivity index is 2.41. The highest BCUT2D eigenvalue weighted by atomic mass is 16.5. The molecular formula is C14H21NO3. The normalized spacial score (nSPS) is 16.2. The van der Waals surface area contributed by atoms with Crippen LogP contribution in [0.1, 0.15) is 24.9 Å². The van der Waals surface area contributed by atoms with Crippen molar-refractivity contribution in [2.75, 3.05) is 34.4 Å². The van der Waals surface area contributed by atoms with Crippen molar-refractivity contribution in [1.82, 2.24) is 4.90 Å². The molecule has 0 amide bonds. The summed E-state index contributed by atoms with van der Waals surface area (Å²) >= 11 is 0. The van der Waals surface area contributed by atoms with Gasteiger partial charge in [0.25, 0.3) is 0 Å². The maximum Gasteiger partial charge on any atom is 0.203 e. The fourth-order valence-corrected chi connectivity index (χ4v) is 2.37. The fourth-order valence-electron chi connectivity index (χ4n) is 2.37. The Bertz CT molecular complexity index is 390. The van der Waals surface area contributed by atoms with Crippen molar-refractivity contribution in [2.45, 2.75) is 19.4 Å². The summed E-state index contributed by atoms with van der Waals surface area (Å²) in [5, 5.41) is 0. The van der Waals surface area contributed by atoms with Crippen LogP contribution in [0, 0.1) is 0 Å². The van der Waals surface area contributed by atoms with E-state index in [1.54, 1.807) is 21.3 Å². The maximum atomic E-state index is 5.39. The van der Waals surface area contributed by atoms with Crippen LogP contribution in [0.5, 0.6) is 17.2 Å². The van der Waals surface area contributed by atoms with E-state index < -0.39 is 0 Å². The van der Waals surface area contributed by atoms with Gasteiger partial charge in [0.05, 0.1) is 21.3 Å². The van der Waals surface area contributed by atoms with Crippen molar-refractivity contribution in [2.24, 2.45) is 0 Å². The SMILES string of the molecule is CCC(c1cc(OC)c(OC)c(OC)c1)N1CC1. The molecule has 2 rings (SSSR count). The highest BCUT2D eigenvalue weighted by Crippen LogP contribution is 2.42. The Morgan fingerprint density at radius 2 is 1.61 bits per heavy atom. The van der Waals surface area contributed by atoms with Crippen molar-refractivity contribution < 1.29 is 14.2 Å². The third-order valence-electron chi connectivity index (χ3n) is 3.38. The van der Waals surface area contributed by atoms with Crippen molar-refractivity contribution in [3.63, 3.8) is 0 Å². The van der Waals surface area contributed by atoms with E-state index in [1.165, 1.54) is 18.7 Å². The second kappa shape index (κ2) is 5.48. The van der Waals surface area contributed by atoms with Crippen molar-refractivity contribution in [3.8, 4) is 17.2 Å². The molecule has 100 valence electrons. The van der Waals surface area contributed by atoms with Crippen LogP contribution < -0.4 is 14.2 Å². The van der Waals surface area contributed by atoms with Crippen LogP contribution in [0.15, 0.2) is 12.1 Å². The van der Waals surface area contributed by atoms with E-state index in [0.29, 0.717) is 11.8 Å². The largest absolute Gasteiger partial charge is 0.493 e. The molecular weight excluding hydrogens is 230 g/mol. The molecule has 1 aromatic carbocycles. The topological polar surface area (TPSA) is 30.7 Å². The Morgan fingerprint density at radius 1 is 1.06 bits per heavy atom. The predicted octanol–water partition coefficient (Wildman–Crippen LogP) is 2.48. The van der Waals surface area contributed by atoms with Crippen LogP contribution in [0.3, 0.4) is 0 Å². The summed E-state index contributed by atoms with van der Waals surface area (Å²) < 4.78 is 16.1. The molecule has 1 heterocycles. The Labute approximate surface area is 108 Å². The first-order chi connectivity index (χ1) is 8.74. The molecule has 18 heavy (non-hydrogen) atoms. The minimum atomic E-state index is 0.443. The van der Waals surface area contributed by atoms with Gasteiger partial charge in [-0.3, -0.25) is 4.90 Å². The molecule has 4 heteroatoms. The standard InChI is InChI=1S/C14H21NO3/c1-5-11(15-6-7-15)10-8-12(16-2)14(18-4)13(9-10)17-3/h8-9,11H,5-7H2,1-4H3. The lowest BCUT2D eigenvalue weighted by Gasteiger charge is -2.20. The summed E-state index contributed by atoms with van der Waals surface area (Å²) in [7, 11) is 4.93. The summed E-state index contributed by atoms with van der Waals surface area (Å²) in [4.78, 5) is 2.43. The molecule has 1 aliphatic rings. The first-order valence-corrected chi connectivity index (χ1v) is 6.29. The molecule has 0 spiro atoms. The third kappa shape index (κ3) is 2.38. The molecule has 1 aliphatic heterocycles. The van der Waals surface area contributed by atoms with E-state index in [2.05, 4.69) is 11.8 Å². The van der Waals surface area contributed by atoms with Gasteiger partial charge in [-0.2, -0.15) is 0 Å². The van der Waals surface area contributed by atoms with Gasteiger partial charge in [-0.15, -0.1) is 0 Å². The zero-order valence-electron chi connectivity index (χ0n) is 11.5. The van der Waals surface area contributed by atoms with E-state index in [-0.39, 0.29) is 0 Å². The maximum absolute atomic E-state index is 5.39. The van der Waals surface area contributed by atoms with E-state index in [1.807, 2.05) is 12.1 Å². The molecule has 1 unspecified atom stereocenters. The number of ether oxygens (including phenoxy) is 3. The molecule has 0 aromatic heterocycles. The van der Waals surface area contributed by atoms with E-state index >= 15 is 0 Å². The minimum absolute atomic E-state index is 0.443. The lowest BCUT2D eigenvalue weighted by Crippen LogP contribution is -2.09. The van der Waals surface area contributed by atoms with Gasteiger partial charge < -0.3 is 14.2 Å². The lowest BCUT2D eigenvalue weighted by atomic mass is 10.0. The average Bonchev–Trinajstić information content (AvgIpc) is 3.22.